The van der Waals surface area contributed by atoms with Gasteiger partial charge in [0.15, 0.2) is 22.3 Å². The average molecular weight is 410 g/mol. The summed E-state index contributed by atoms with van der Waals surface area (Å²) in [5.41, 5.74) is 2.80. The van der Waals surface area contributed by atoms with E-state index in [9.17, 15) is 4.79 Å². The van der Waals surface area contributed by atoms with E-state index in [0.29, 0.717) is 29.8 Å². The number of thiazole rings is 1. The first-order valence-electron chi connectivity index (χ1n) is 8.52. The smallest absolute Gasteiger partial charge is 0.277 e. The van der Waals surface area contributed by atoms with Crippen LogP contribution in [-0.2, 0) is 0 Å². The average Bonchev–Trinajstić information content (AvgIpc) is 3.48. The molecule has 2 N–H and O–H groups in total. The van der Waals surface area contributed by atoms with Crippen LogP contribution in [0.3, 0.4) is 0 Å². The van der Waals surface area contributed by atoms with Crippen molar-refractivity contribution < 1.29 is 14.3 Å². The number of anilines is 1. The fraction of sp³-hybridized carbons (Fsp3) is 0.105. The molecule has 5 rings (SSSR count). The normalized spacial score (nSPS) is 12.7. The van der Waals surface area contributed by atoms with Crippen molar-refractivity contribution in [2.75, 3.05) is 18.5 Å². The van der Waals surface area contributed by atoms with Gasteiger partial charge in [-0.1, -0.05) is 6.07 Å². The van der Waals surface area contributed by atoms with E-state index >= 15 is 0 Å². The molecule has 0 saturated heterocycles. The van der Waals surface area contributed by atoms with Crippen LogP contribution in [0.5, 0.6) is 11.5 Å². The lowest BCUT2D eigenvalue weighted by atomic mass is 10.1. The molecule has 0 aliphatic carbocycles. The van der Waals surface area contributed by atoms with Crippen LogP contribution in [0.25, 0.3) is 21.8 Å². The Labute approximate surface area is 168 Å². The molecule has 0 bridgehead atoms. The second-order valence-corrected chi connectivity index (χ2v) is 7.80. The lowest BCUT2D eigenvalue weighted by Gasteiger charge is -2.18. The summed E-state index contributed by atoms with van der Waals surface area (Å²) in [4.78, 5) is 18.0. The van der Waals surface area contributed by atoms with Crippen molar-refractivity contribution in [3.05, 3.63) is 52.9 Å². The minimum Gasteiger partial charge on any atom is -0.486 e. The van der Waals surface area contributed by atoms with Crippen molar-refractivity contribution in [1.82, 2.24) is 15.2 Å². The molecule has 0 unspecified atom stereocenters. The largest absolute Gasteiger partial charge is 0.486 e. The zero-order valence-corrected chi connectivity index (χ0v) is 16.1. The van der Waals surface area contributed by atoms with Gasteiger partial charge in [-0.25, -0.2) is 4.98 Å². The van der Waals surface area contributed by atoms with Crippen LogP contribution in [0.4, 0.5) is 5.13 Å². The summed E-state index contributed by atoms with van der Waals surface area (Å²) in [5.74, 6) is 1.14. The second kappa shape index (κ2) is 7.10. The zero-order valence-electron chi connectivity index (χ0n) is 14.5. The molecule has 0 radical (unpaired) electrons. The highest BCUT2D eigenvalue weighted by molar-refractivity contribution is 7.14. The fourth-order valence-corrected chi connectivity index (χ4v) is 4.23. The van der Waals surface area contributed by atoms with Crippen LogP contribution in [0.2, 0.25) is 0 Å². The van der Waals surface area contributed by atoms with E-state index in [1.807, 2.05) is 41.1 Å². The number of fused-ring (bicyclic) bond motifs is 1. The summed E-state index contributed by atoms with van der Waals surface area (Å²) in [5, 5.41) is 14.2. The van der Waals surface area contributed by atoms with Gasteiger partial charge in [0.2, 0.25) is 0 Å². The Hall–Kier alpha value is -3.17. The first-order valence-corrected chi connectivity index (χ1v) is 10.3. The van der Waals surface area contributed by atoms with Crippen molar-refractivity contribution in [3.63, 3.8) is 0 Å². The van der Waals surface area contributed by atoms with Crippen molar-refractivity contribution in [1.29, 1.82) is 0 Å². The molecule has 3 aromatic heterocycles. The van der Waals surface area contributed by atoms with E-state index < -0.39 is 0 Å². The lowest BCUT2D eigenvalue weighted by molar-refractivity contribution is 0.102. The minimum atomic E-state index is -0.304. The summed E-state index contributed by atoms with van der Waals surface area (Å²) < 4.78 is 11.2. The molecule has 4 heterocycles. The number of amides is 1. The van der Waals surface area contributed by atoms with E-state index in [2.05, 4.69) is 20.5 Å². The number of rotatable bonds is 4. The number of aromatic nitrogens is 3. The molecule has 0 atom stereocenters. The predicted molar refractivity (Wildman–Crippen MR) is 108 cm³/mol. The zero-order chi connectivity index (χ0) is 18.9. The van der Waals surface area contributed by atoms with Crippen LogP contribution in [0.15, 0.2) is 47.2 Å². The Kier molecular flexibility index (Phi) is 4.30. The van der Waals surface area contributed by atoms with Gasteiger partial charge in [0.05, 0.1) is 16.3 Å². The number of thiophene rings is 1. The van der Waals surface area contributed by atoms with Crippen LogP contribution < -0.4 is 14.8 Å². The van der Waals surface area contributed by atoms with Crippen LogP contribution in [0, 0.1) is 0 Å². The summed E-state index contributed by atoms with van der Waals surface area (Å²) >= 11 is 2.94. The number of carbonyl (C=O) groups excluding carboxylic acids is 1. The van der Waals surface area contributed by atoms with Crippen LogP contribution >= 0.6 is 22.7 Å². The molecule has 4 aromatic rings. The Morgan fingerprint density at radius 1 is 1.11 bits per heavy atom. The summed E-state index contributed by atoms with van der Waals surface area (Å²) in [6, 6.07) is 11.4. The molecule has 0 saturated carbocycles. The Morgan fingerprint density at radius 2 is 2.00 bits per heavy atom. The molecule has 0 spiro atoms. The first kappa shape index (κ1) is 17.0. The molecule has 7 nitrogen and oxygen atoms in total. The molecule has 1 aliphatic rings. The van der Waals surface area contributed by atoms with Crippen molar-refractivity contribution in [3.8, 4) is 33.3 Å². The first-order chi connectivity index (χ1) is 13.8. The number of ether oxygens (including phenoxy) is 2. The van der Waals surface area contributed by atoms with Gasteiger partial charge in [0.1, 0.15) is 13.2 Å². The quantitative estimate of drug-likeness (QED) is 0.524. The SMILES string of the molecule is O=C(Nc1nc(-c2ccc3c(c2)OCCO3)cs1)c1cc(-c2cccs2)[nH]n1. The molecule has 1 aromatic carbocycles. The molecule has 1 aliphatic heterocycles. The highest BCUT2D eigenvalue weighted by atomic mass is 32.1. The minimum absolute atomic E-state index is 0.304. The van der Waals surface area contributed by atoms with Gasteiger partial charge in [-0.2, -0.15) is 5.10 Å². The third kappa shape index (κ3) is 3.25. The fourth-order valence-electron chi connectivity index (χ4n) is 2.82. The molecule has 0 fully saturated rings. The van der Waals surface area contributed by atoms with E-state index in [-0.39, 0.29) is 5.91 Å². The molecule has 28 heavy (non-hydrogen) atoms. The van der Waals surface area contributed by atoms with Crippen LogP contribution in [-0.4, -0.2) is 34.3 Å². The third-order valence-corrected chi connectivity index (χ3v) is 5.82. The molecule has 1 amide bonds. The third-order valence-electron chi connectivity index (χ3n) is 4.16. The maximum atomic E-state index is 12.5. The van der Waals surface area contributed by atoms with Gasteiger partial charge in [0, 0.05) is 10.9 Å². The topological polar surface area (TPSA) is 89.1 Å². The Morgan fingerprint density at radius 3 is 2.86 bits per heavy atom. The monoisotopic (exact) mass is 410 g/mol. The second-order valence-electron chi connectivity index (χ2n) is 5.99. The number of nitrogens with zero attached hydrogens (tertiary/aromatic N) is 2. The van der Waals surface area contributed by atoms with E-state index in [0.717, 1.165) is 27.6 Å². The Balaban J connectivity index is 1.32. The van der Waals surface area contributed by atoms with Crippen molar-refractivity contribution >= 4 is 33.7 Å². The highest BCUT2D eigenvalue weighted by Gasteiger charge is 2.16. The van der Waals surface area contributed by atoms with Crippen molar-refractivity contribution in [2.45, 2.75) is 0 Å². The van der Waals surface area contributed by atoms with Gasteiger partial charge in [0.25, 0.3) is 5.91 Å². The van der Waals surface area contributed by atoms with Gasteiger partial charge < -0.3 is 9.47 Å². The van der Waals surface area contributed by atoms with Gasteiger partial charge in [-0.05, 0) is 35.7 Å². The number of hydrogen-bond donors (Lipinski definition) is 2. The molecule has 140 valence electrons. The number of H-pyrrole nitrogens is 1. The summed E-state index contributed by atoms with van der Waals surface area (Å²) in [6.45, 7) is 1.09. The maximum Gasteiger partial charge on any atom is 0.277 e. The van der Waals surface area contributed by atoms with Crippen LogP contribution in [0.1, 0.15) is 10.5 Å². The number of carbonyl (C=O) groups is 1. The number of hydrogen-bond acceptors (Lipinski definition) is 7. The maximum absolute atomic E-state index is 12.5. The van der Waals surface area contributed by atoms with E-state index in [4.69, 9.17) is 9.47 Å². The molecule has 9 heteroatoms. The summed E-state index contributed by atoms with van der Waals surface area (Å²) in [7, 11) is 0. The van der Waals surface area contributed by atoms with E-state index in [1.54, 1.807) is 17.4 Å². The van der Waals surface area contributed by atoms with E-state index in [1.165, 1.54) is 11.3 Å². The Bertz CT molecular complexity index is 1130. The predicted octanol–water partition coefficient (Wildman–Crippen LogP) is 4.29. The highest BCUT2D eigenvalue weighted by Crippen LogP contribution is 2.35. The number of nitrogens with one attached hydrogen (secondary N) is 2. The number of aromatic amines is 1. The molecular weight excluding hydrogens is 396 g/mol. The number of benzene rings is 1. The molecular formula is C19H14N4O3S2. The summed E-state index contributed by atoms with van der Waals surface area (Å²) in [6.07, 6.45) is 0. The van der Waals surface area contributed by atoms with Crippen molar-refractivity contribution in [2.24, 2.45) is 0 Å². The van der Waals surface area contributed by atoms with Gasteiger partial charge in [-0.3, -0.25) is 15.2 Å². The standard InChI is InChI=1S/C19H14N4O3S2/c24-18(13-9-12(22-23-13)17-2-1-7-27-17)21-19-20-14(10-28-19)11-3-4-15-16(8-11)26-6-5-25-15/h1-4,7-10H,5-6H2,(H,22,23)(H,20,21,24). The lowest BCUT2D eigenvalue weighted by Crippen LogP contribution is -2.15. The van der Waals surface area contributed by atoms with Gasteiger partial charge >= 0.3 is 0 Å². The van der Waals surface area contributed by atoms with Gasteiger partial charge in [-0.15, -0.1) is 22.7 Å².